The molecule has 4 N–H and O–H groups in total. The van der Waals surface area contributed by atoms with Gasteiger partial charge < -0.3 is 15.8 Å². The number of benzene rings is 1. The van der Waals surface area contributed by atoms with Gasteiger partial charge >= 0.3 is 0 Å². The molecule has 100 valence electrons. The number of ether oxygens (including phenoxy) is 1. The summed E-state index contributed by atoms with van der Waals surface area (Å²) in [6.07, 6.45) is 0. The number of nitrogens with one attached hydrogen (secondary N) is 2. The Morgan fingerprint density at radius 2 is 2.32 bits per heavy atom. The predicted molar refractivity (Wildman–Crippen MR) is 67.5 cm³/mol. The van der Waals surface area contributed by atoms with Crippen molar-refractivity contribution < 1.29 is 9.53 Å². The van der Waals surface area contributed by atoms with Gasteiger partial charge in [-0.15, -0.1) is 10.2 Å². The molecule has 1 amide bonds. The van der Waals surface area contributed by atoms with E-state index in [4.69, 9.17) is 10.5 Å². The number of anilines is 1. The van der Waals surface area contributed by atoms with Gasteiger partial charge in [-0.25, -0.2) is 0 Å². The lowest BCUT2D eigenvalue weighted by atomic mass is 10.1. The number of para-hydroxylation sites is 1. The van der Waals surface area contributed by atoms with Crippen molar-refractivity contribution in [2.75, 3.05) is 12.8 Å². The number of hydrogen-bond donors (Lipinski definition) is 3. The lowest BCUT2D eigenvalue weighted by molar-refractivity contribution is 0.0939. The van der Waals surface area contributed by atoms with Gasteiger partial charge in [0.25, 0.3) is 5.91 Å². The zero-order chi connectivity index (χ0) is 13.8. The predicted octanol–water partition coefficient (Wildman–Crippen LogP) is 0.281. The number of tetrazole rings is 1. The summed E-state index contributed by atoms with van der Waals surface area (Å²) in [6, 6.07) is 4.63. The lowest BCUT2D eigenvalue weighted by Crippen LogP contribution is -2.28. The summed E-state index contributed by atoms with van der Waals surface area (Å²) < 4.78 is 5.07. The Kier molecular flexibility index (Phi) is 3.60. The van der Waals surface area contributed by atoms with Crippen molar-refractivity contribution in [3.63, 3.8) is 0 Å². The molecule has 0 radical (unpaired) electrons. The van der Waals surface area contributed by atoms with Crippen LogP contribution in [0.15, 0.2) is 18.2 Å². The number of rotatable bonds is 4. The zero-order valence-electron chi connectivity index (χ0n) is 10.5. The Morgan fingerprint density at radius 3 is 2.95 bits per heavy atom. The van der Waals surface area contributed by atoms with Gasteiger partial charge in [-0.2, -0.15) is 5.21 Å². The summed E-state index contributed by atoms with van der Waals surface area (Å²) in [6.45, 7) is 1.75. The fourth-order valence-electron chi connectivity index (χ4n) is 1.61. The summed E-state index contributed by atoms with van der Waals surface area (Å²) in [5, 5.41) is 16.1. The quantitative estimate of drug-likeness (QED) is 0.681. The normalized spacial score (nSPS) is 11.9. The lowest BCUT2D eigenvalue weighted by Gasteiger charge is -2.13. The molecule has 0 saturated heterocycles. The first-order valence-electron chi connectivity index (χ1n) is 5.60. The Labute approximate surface area is 109 Å². The molecule has 1 aromatic heterocycles. The van der Waals surface area contributed by atoms with Crippen LogP contribution < -0.4 is 15.8 Å². The van der Waals surface area contributed by atoms with Crippen LogP contribution in [0, 0.1) is 0 Å². The zero-order valence-corrected chi connectivity index (χ0v) is 10.5. The topological polar surface area (TPSA) is 119 Å². The maximum absolute atomic E-state index is 12.1. The van der Waals surface area contributed by atoms with E-state index in [1.807, 2.05) is 0 Å². The molecular weight excluding hydrogens is 248 g/mol. The minimum atomic E-state index is -0.378. The van der Waals surface area contributed by atoms with Crippen molar-refractivity contribution in [3.05, 3.63) is 29.6 Å². The molecule has 8 nitrogen and oxygen atoms in total. The van der Waals surface area contributed by atoms with Crippen LogP contribution in [0.3, 0.4) is 0 Å². The van der Waals surface area contributed by atoms with Gasteiger partial charge in [-0.3, -0.25) is 4.79 Å². The van der Waals surface area contributed by atoms with Crippen molar-refractivity contribution in [2.45, 2.75) is 13.0 Å². The van der Waals surface area contributed by atoms with Crippen LogP contribution in [-0.4, -0.2) is 33.6 Å². The van der Waals surface area contributed by atoms with E-state index in [0.29, 0.717) is 22.8 Å². The highest BCUT2D eigenvalue weighted by atomic mass is 16.5. The van der Waals surface area contributed by atoms with Crippen LogP contribution in [0.2, 0.25) is 0 Å². The van der Waals surface area contributed by atoms with Crippen LogP contribution in [0.1, 0.15) is 29.1 Å². The second-order valence-electron chi connectivity index (χ2n) is 3.89. The second kappa shape index (κ2) is 5.34. The number of nitrogens with zero attached hydrogens (tertiary/aromatic N) is 3. The Bertz CT molecular complexity index is 569. The number of nitrogen functional groups attached to an aromatic ring is 1. The minimum Gasteiger partial charge on any atom is -0.495 e. The number of H-pyrrole nitrogens is 1. The summed E-state index contributed by atoms with van der Waals surface area (Å²) in [5.74, 6) is 0.531. The van der Waals surface area contributed by atoms with Crippen molar-refractivity contribution in [1.29, 1.82) is 0 Å². The molecule has 2 rings (SSSR count). The van der Waals surface area contributed by atoms with Crippen molar-refractivity contribution in [2.24, 2.45) is 0 Å². The molecule has 0 fully saturated rings. The SMILES string of the molecule is COc1cccc(C(=O)NC(C)c2nn[nH]n2)c1N. The maximum atomic E-state index is 12.1. The number of aromatic amines is 1. The molecule has 1 heterocycles. The van der Waals surface area contributed by atoms with Crippen molar-refractivity contribution in [1.82, 2.24) is 25.9 Å². The third kappa shape index (κ3) is 2.62. The van der Waals surface area contributed by atoms with E-state index in [-0.39, 0.29) is 11.9 Å². The summed E-state index contributed by atoms with van der Waals surface area (Å²) in [4.78, 5) is 12.1. The van der Waals surface area contributed by atoms with Crippen LogP contribution in [-0.2, 0) is 0 Å². The summed E-state index contributed by atoms with van der Waals surface area (Å²) in [7, 11) is 1.50. The first-order chi connectivity index (χ1) is 9.13. The number of methoxy groups -OCH3 is 1. The third-order valence-corrected chi connectivity index (χ3v) is 2.63. The Morgan fingerprint density at radius 1 is 1.53 bits per heavy atom. The molecule has 8 heteroatoms. The van der Waals surface area contributed by atoms with Crippen LogP contribution in [0.5, 0.6) is 5.75 Å². The van der Waals surface area contributed by atoms with Gasteiger partial charge in [0.2, 0.25) is 0 Å². The van der Waals surface area contributed by atoms with Gasteiger partial charge in [-0.05, 0) is 19.1 Å². The average molecular weight is 262 g/mol. The number of aromatic nitrogens is 4. The van der Waals surface area contributed by atoms with Crippen molar-refractivity contribution >= 4 is 11.6 Å². The maximum Gasteiger partial charge on any atom is 0.254 e. The molecular formula is C11H14N6O2. The molecule has 0 spiro atoms. The van der Waals surface area contributed by atoms with Crippen LogP contribution in [0.25, 0.3) is 0 Å². The number of carbonyl (C=O) groups is 1. The molecule has 0 saturated carbocycles. The van der Waals surface area contributed by atoms with Crippen LogP contribution >= 0.6 is 0 Å². The fourth-order valence-corrected chi connectivity index (χ4v) is 1.61. The van der Waals surface area contributed by atoms with E-state index in [9.17, 15) is 4.79 Å². The van der Waals surface area contributed by atoms with E-state index in [0.717, 1.165) is 0 Å². The molecule has 1 atom stereocenters. The van der Waals surface area contributed by atoms with Gasteiger partial charge in [-0.1, -0.05) is 11.3 Å². The molecule has 0 aliphatic heterocycles. The first-order valence-corrected chi connectivity index (χ1v) is 5.60. The summed E-state index contributed by atoms with van der Waals surface area (Å²) in [5.41, 5.74) is 6.49. The third-order valence-electron chi connectivity index (χ3n) is 2.63. The van der Waals surface area contributed by atoms with Gasteiger partial charge in [0.05, 0.1) is 24.4 Å². The van der Waals surface area contributed by atoms with Crippen molar-refractivity contribution in [3.8, 4) is 5.75 Å². The molecule has 0 bridgehead atoms. The highest BCUT2D eigenvalue weighted by molar-refractivity contribution is 6.00. The number of carbonyl (C=O) groups excluding carboxylic acids is 1. The molecule has 1 aromatic carbocycles. The van der Waals surface area contributed by atoms with E-state index >= 15 is 0 Å². The Balaban J connectivity index is 2.16. The average Bonchev–Trinajstić information content (AvgIpc) is 2.92. The standard InChI is InChI=1S/C11H14N6O2/c1-6(10-14-16-17-15-10)13-11(18)7-4-3-5-8(19-2)9(7)12/h3-6H,12H2,1-2H3,(H,13,18)(H,14,15,16,17). The largest absolute Gasteiger partial charge is 0.495 e. The van der Waals surface area contributed by atoms with Gasteiger partial charge in [0, 0.05) is 0 Å². The van der Waals surface area contributed by atoms with Gasteiger partial charge in [0.1, 0.15) is 5.75 Å². The number of amides is 1. The summed E-state index contributed by atoms with van der Waals surface area (Å²) >= 11 is 0. The highest BCUT2D eigenvalue weighted by Crippen LogP contribution is 2.25. The monoisotopic (exact) mass is 262 g/mol. The molecule has 0 aliphatic carbocycles. The minimum absolute atomic E-state index is 0.294. The van der Waals surface area contributed by atoms with E-state index < -0.39 is 0 Å². The molecule has 19 heavy (non-hydrogen) atoms. The van der Waals surface area contributed by atoms with E-state index in [1.54, 1.807) is 25.1 Å². The van der Waals surface area contributed by atoms with E-state index in [2.05, 4.69) is 25.9 Å². The second-order valence-corrected chi connectivity index (χ2v) is 3.89. The smallest absolute Gasteiger partial charge is 0.254 e. The molecule has 2 aromatic rings. The van der Waals surface area contributed by atoms with Gasteiger partial charge in [0.15, 0.2) is 5.82 Å². The number of nitrogens with two attached hydrogens (primary N) is 1. The molecule has 0 aliphatic rings. The van der Waals surface area contributed by atoms with E-state index in [1.165, 1.54) is 7.11 Å². The number of hydrogen-bond acceptors (Lipinski definition) is 6. The van der Waals surface area contributed by atoms with Crippen LogP contribution in [0.4, 0.5) is 5.69 Å². The Hall–Kier alpha value is -2.64. The first kappa shape index (κ1) is 12.8. The fraction of sp³-hybridized carbons (Fsp3) is 0.273. The molecule has 1 unspecified atom stereocenters. The highest BCUT2D eigenvalue weighted by Gasteiger charge is 2.17.